The molecule has 82 heavy (non-hydrogen) atoms. The first kappa shape index (κ1) is 79.7. The van der Waals surface area contributed by atoms with E-state index in [1.807, 2.05) is 70.2 Å². The molecule has 2 aliphatic heterocycles. The van der Waals surface area contributed by atoms with Gasteiger partial charge in [0, 0.05) is 22.5 Å². The van der Waals surface area contributed by atoms with Gasteiger partial charge < -0.3 is 33.8 Å². The molecule has 0 aliphatic carbocycles. The maximum absolute atomic E-state index is 12.3. The molecular formula is C64H94Cl2I3N4NaO6Ru2-2. The summed E-state index contributed by atoms with van der Waals surface area (Å²) in [6.45, 7) is 40.5. The Morgan fingerprint density at radius 3 is 1.13 bits per heavy atom. The van der Waals surface area contributed by atoms with Crippen LogP contribution in [0.2, 0.25) is 0 Å². The minimum atomic E-state index is -1.97. The average Bonchev–Trinajstić information content (AvgIpc) is 3.77. The summed E-state index contributed by atoms with van der Waals surface area (Å²) >= 11 is 2.96. The second-order valence-corrected chi connectivity index (χ2v) is 49.1. The fourth-order valence-electron chi connectivity index (χ4n) is 10.6. The molecule has 2 unspecified atom stereocenters. The number of likely N-dealkylation sites (N-methyl/N-ethyl adjacent to an activating group) is 2. The number of rotatable bonds is 18. The number of hydrogen-bond donors (Lipinski definition) is 0. The minimum absolute atomic E-state index is 0. The first-order valence-corrected chi connectivity index (χ1v) is 44.5. The number of carbonyl (C=O) groups excluding carboxylic acids is 2. The summed E-state index contributed by atoms with van der Waals surface area (Å²) in [5.74, 6) is 0.961. The van der Waals surface area contributed by atoms with Gasteiger partial charge in [-0.05, 0) is 75.6 Å². The quantitative estimate of drug-likeness (QED) is 0.0422. The zero-order valence-electron chi connectivity index (χ0n) is 52.8. The molecule has 0 N–H and O–H groups in total. The van der Waals surface area contributed by atoms with E-state index in [0.29, 0.717) is 5.75 Å². The van der Waals surface area contributed by atoms with Crippen LogP contribution in [0.1, 0.15) is 157 Å². The topological polar surface area (TPSA) is 84.0 Å². The van der Waals surface area contributed by atoms with E-state index in [2.05, 4.69) is 186 Å². The largest absolute Gasteiger partial charge is 1.00 e. The molecule has 0 bridgehead atoms. The second-order valence-electron chi connectivity index (χ2n) is 23.5. The second kappa shape index (κ2) is 37.0. The Morgan fingerprint density at radius 2 is 0.890 bits per heavy atom. The number of carbonyl (C=O) groups is 2. The molecule has 0 spiro atoms. The Bertz CT molecular complexity index is 2480. The molecule has 2 heterocycles. The Balaban J connectivity index is 0.000000543. The van der Waals surface area contributed by atoms with E-state index < -0.39 is 34.2 Å². The summed E-state index contributed by atoms with van der Waals surface area (Å²) in [5, 5.41) is 2.38. The monoisotopic (exact) mass is 1690 g/mol. The standard InChI is InChI=1S/2C18H28N.2C14H19NO3.2ClH.3HI.Na.2Ru/c2*1-7-14-10-9-11-15(8-2)16(14)19-13-17(3,4)12-18(19,5)6;2*1-10(2)13(14(16)15(4)17-5)18-12-9-7-6-8-11(12)3;;;;;;;;/h2*9-11,13H,7-8,12H2,1-6H3;2*3,6-10,13H,1-2,4-5H3;5*1H;;;/q2*-1;;;;;;;;+1;2*+2/p-5. The maximum Gasteiger partial charge on any atom is 1.00 e. The first-order chi connectivity index (χ1) is 37.3. The predicted molar refractivity (Wildman–Crippen MR) is 350 cm³/mol. The van der Waals surface area contributed by atoms with Gasteiger partial charge in [-0.3, -0.25) is 0 Å². The van der Waals surface area contributed by atoms with Gasteiger partial charge in [0.15, 0.2) is 0 Å². The Hall–Kier alpha value is -0.303. The molecule has 0 saturated carbocycles. The Morgan fingerprint density at radius 1 is 0.585 bits per heavy atom. The van der Waals surface area contributed by atoms with Crippen LogP contribution in [0.4, 0.5) is 11.4 Å². The van der Waals surface area contributed by atoms with Gasteiger partial charge in [0.2, 0.25) is 0 Å². The summed E-state index contributed by atoms with van der Waals surface area (Å²) < 4.78 is 15.9. The number of ether oxygens (including phenoxy) is 2. The van der Waals surface area contributed by atoms with Crippen LogP contribution in [0.5, 0.6) is 11.5 Å². The van der Waals surface area contributed by atoms with E-state index in [9.17, 15) is 9.59 Å². The molecule has 2 fully saturated rings. The van der Waals surface area contributed by atoms with Gasteiger partial charge in [-0.15, -0.1) is 10.8 Å². The van der Waals surface area contributed by atoms with Gasteiger partial charge >= 0.3 is 322 Å². The van der Waals surface area contributed by atoms with Gasteiger partial charge in [0.05, 0.1) is 0 Å². The molecule has 460 valence electrons. The van der Waals surface area contributed by atoms with Crippen molar-refractivity contribution in [3.05, 3.63) is 131 Å². The molecule has 0 aromatic heterocycles. The van der Waals surface area contributed by atoms with Crippen LogP contribution in [0, 0.1) is 35.8 Å². The molecular weight excluding hydrogens is 1600 g/mol. The molecule has 18 heteroatoms. The molecule has 10 nitrogen and oxygen atoms in total. The van der Waals surface area contributed by atoms with Crippen molar-refractivity contribution in [2.45, 2.75) is 173 Å². The molecule has 4 aromatic rings. The normalized spacial score (nSPS) is 16.2. The van der Waals surface area contributed by atoms with Crippen molar-refractivity contribution in [2.75, 3.05) is 38.1 Å². The maximum atomic E-state index is 12.3. The van der Waals surface area contributed by atoms with Crippen molar-refractivity contribution in [3.8, 4) is 11.5 Å². The Kier molecular flexibility index (Phi) is 36.0. The van der Waals surface area contributed by atoms with Crippen LogP contribution in [-0.2, 0) is 66.9 Å². The third-order valence-electron chi connectivity index (χ3n) is 14.0. The third-order valence-corrected chi connectivity index (χ3v) is 19.4. The molecule has 2 saturated heterocycles. The number of halogens is 5. The van der Waals surface area contributed by atoms with Crippen LogP contribution >= 0.6 is 58.9 Å². The van der Waals surface area contributed by atoms with Gasteiger partial charge in [-0.25, -0.2) is 13.1 Å². The summed E-state index contributed by atoms with van der Waals surface area (Å²) in [6, 6.07) is 28.7. The predicted octanol–water partition coefficient (Wildman–Crippen LogP) is 10.7. The summed E-state index contributed by atoms with van der Waals surface area (Å²) in [5.41, 5.74) is 11.7. The number of anilines is 2. The van der Waals surface area contributed by atoms with Crippen molar-refractivity contribution in [1.29, 1.82) is 0 Å². The zero-order chi connectivity index (χ0) is 60.5. The van der Waals surface area contributed by atoms with E-state index >= 15 is 0 Å². The van der Waals surface area contributed by atoms with E-state index in [-0.39, 0.29) is 99.1 Å². The molecule has 2 atom stereocenters. The molecule has 4 aromatic carbocycles. The molecule has 2 aliphatic rings. The third kappa shape index (κ3) is 23.9. The number of hydroxylamine groups is 4. The summed E-state index contributed by atoms with van der Waals surface area (Å²) in [6.07, 6.45) is 5.62. The smallest absolute Gasteiger partial charge is 1.00 e. The van der Waals surface area contributed by atoms with Gasteiger partial charge in [-0.2, -0.15) is 0 Å². The minimum Gasteiger partial charge on any atom is -1.00 e. The number of amides is 2. The molecule has 0 radical (unpaired) electrons. The van der Waals surface area contributed by atoms with E-state index in [0.717, 1.165) is 47.6 Å². The fraction of sp³-hybridized carbons (Fsp3) is 0.531. The van der Waals surface area contributed by atoms with E-state index in [1.165, 1.54) is 65.8 Å². The molecule has 2 amide bonds. The van der Waals surface area contributed by atoms with Crippen LogP contribution < -0.4 is 72.8 Å². The number of benzene rings is 4. The number of aryl methyl sites for hydroxylation is 4. The number of nitrogens with zero attached hydrogens (tertiary/aromatic N) is 4. The van der Waals surface area contributed by atoms with Crippen LogP contribution in [0.3, 0.4) is 0 Å². The SMILES string of the molecule is CCc1cccc(CC)c1N1[CH-]C(C)(C)CC1(C)C.CCc1cccc(CC)c1N1[CH-]C(C)(C)CC1(C)C.CON(C)C(=O)C(Oc1ccccc1[CH]=[Ru]([Cl])[Cl])C(C)C.CON(C)C(=O)C(Oc1ccccc1[CH]=[Ru]([I])[I])C(C)C.[I-].[Na+]. The van der Waals surface area contributed by atoms with Crippen molar-refractivity contribution in [3.63, 3.8) is 0 Å². The summed E-state index contributed by atoms with van der Waals surface area (Å²) in [4.78, 5) is 39.6. The van der Waals surface area contributed by atoms with Crippen LogP contribution in [0.25, 0.3) is 0 Å². The van der Waals surface area contributed by atoms with Gasteiger partial charge in [0.25, 0.3) is 0 Å². The fourth-order valence-corrected chi connectivity index (χ4v) is 16.0. The first-order valence-electron chi connectivity index (χ1n) is 27.7. The zero-order valence-corrected chi connectivity index (χ0v) is 66.2. The van der Waals surface area contributed by atoms with Crippen molar-refractivity contribution < 1.29 is 104 Å². The summed E-state index contributed by atoms with van der Waals surface area (Å²) in [7, 11) is 16.9. The van der Waals surface area contributed by atoms with Crippen LogP contribution in [-0.4, -0.2) is 82.8 Å². The number of para-hydroxylation sites is 4. The van der Waals surface area contributed by atoms with Gasteiger partial charge in [-0.1, -0.05) is 105 Å². The molecule has 6 rings (SSSR count). The van der Waals surface area contributed by atoms with Crippen molar-refractivity contribution in [2.24, 2.45) is 22.7 Å². The van der Waals surface area contributed by atoms with Gasteiger partial charge in [0.1, 0.15) is 0 Å². The van der Waals surface area contributed by atoms with E-state index in [1.54, 1.807) is 24.8 Å². The average molecular weight is 1690 g/mol. The van der Waals surface area contributed by atoms with Crippen LogP contribution in [0.15, 0.2) is 84.9 Å². The Labute approximate surface area is 574 Å². The van der Waals surface area contributed by atoms with Crippen molar-refractivity contribution >= 4 is 91.3 Å². The van der Waals surface area contributed by atoms with E-state index in [4.69, 9.17) is 38.5 Å². The number of hydrogen-bond acceptors (Lipinski definition) is 8. The van der Waals surface area contributed by atoms with Crippen molar-refractivity contribution in [1.82, 2.24) is 10.1 Å².